The van der Waals surface area contributed by atoms with Gasteiger partial charge in [0.15, 0.2) is 0 Å². The van der Waals surface area contributed by atoms with E-state index in [9.17, 15) is 14.4 Å². The number of benzene rings is 3. The van der Waals surface area contributed by atoms with Crippen molar-refractivity contribution in [2.45, 2.75) is 51.4 Å². The molecule has 1 aliphatic heterocycles. The van der Waals surface area contributed by atoms with E-state index in [1.807, 2.05) is 36.4 Å². The summed E-state index contributed by atoms with van der Waals surface area (Å²) >= 11 is 0. The van der Waals surface area contributed by atoms with Gasteiger partial charge in [0, 0.05) is 18.7 Å². The number of amidine groups is 1. The van der Waals surface area contributed by atoms with Crippen LogP contribution in [0.25, 0.3) is 0 Å². The minimum absolute atomic E-state index is 0.0372. The number of aliphatic imine (C=N–C) groups is 1. The summed E-state index contributed by atoms with van der Waals surface area (Å²) < 4.78 is 5.13. The van der Waals surface area contributed by atoms with Crippen LogP contribution in [0.15, 0.2) is 83.9 Å². The Labute approximate surface area is 234 Å². The molecule has 9 nitrogen and oxygen atoms in total. The largest absolute Gasteiger partial charge is 0.443 e. The van der Waals surface area contributed by atoms with E-state index in [-0.39, 0.29) is 42.8 Å². The Morgan fingerprint density at radius 2 is 1.77 bits per heavy atom. The van der Waals surface area contributed by atoms with Crippen molar-refractivity contribution in [3.63, 3.8) is 0 Å². The summed E-state index contributed by atoms with van der Waals surface area (Å²) in [5, 5.41) is 8.93. The summed E-state index contributed by atoms with van der Waals surface area (Å²) in [5.74, 6) is -0.163. The molecule has 3 atom stereocenters. The van der Waals surface area contributed by atoms with E-state index in [2.05, 4.69) is 46.1 Å². The second-order valence-corrected chi connectivity index (χ2v) is 9.99. The number of carbonyl (C=O) groups excluding carboxylic acids is 3. The number of hydrogen-bond donors (Lipinski definition) is 4. The molecule has 0 radical (unpaired) electrons. The Balaban J connectivity index is 1.20. The lowest BCUT2D eigenvalue weighted by molar-refractivity contribution is -0.129. The zero-order valence-corrected chi connectivity index (χ0v) is 22.7. The number of hydrogen-bond acceptors (Lipinski definition) is 5. The monoisotopic (exact) mass is 541 g/mol. The highest BCUT2D eigenvalue weighted by Gasteiger charge is 2.31. The molecule has 5 N–H and O–H groups in total. The molecule has 3 aromatic rings. The second kappa shape index (κ2) is 13.5. The van der Waals surface area contributed by atoms with Crippen molar-refractivity contribution in [3.8, 4) is 0 Å². The van der Waals surface area contributed by atoms with E-state index in [0.29, 0.717) is 12.0 Å². The number of nitrogens with one attached hydrogen (secondary N) is 3. The Hall–Kier alpha value is -4.50. The first-order valence-electron chi connectivity index (χ1n) is 13.3. The predicted octanol–water partition coefficient (Wildman–Crippen LogP) is 3.30. The highest BCUT2D eigenvalue weighted by molar-refractivity contribution is 6.02. The van der Waals surface area contributed by atoms with Crippen molar-refractivity contribution < 1.29 is 19.1 Å². The van der Waals surface area contributed by atoms with Crippen LogP contribution in [0.1, 0.15) is 47.1 Å². The lowest BCUT2D eigenvalue weighted by Crippen LogP contribution is -2.49. The first kappa shape index (κ1) is 28.5. The van der Waals surface area contributed by atoms with Gasteiger partial charge in [0.1, 0.15) is 18.5 Å². The Morgan fingerprint density at radius 3 is 2.50 bits per heavy atom. The third kappa shape index (κ3) is 8.00. The lowest BCUT2D eigenvalue weighted by atomic mass is 9.95. The topological polar surface area (TPSA) is 135 Å². The molecular weight excluding hydrogens is 506 g/mol. The normalized spacial score (nSPS) is 17.6. The third-order valence-electron chi connectivity index (χ3n) is 6.85. The fraction of sp³-hybridized carbons (Fsp3) is 0.290. The molecule has 1 fully saturated rings. The molecule has 0 spiro atoms. The zero-order chi connectivity index (χ0) is 28.5. The molecule has 208 valence electrons. The van der Waals surface area contributed by atoms with E-state index >= 15 is 0 Å². The molecule has 1 saturated heterocycles. The Morgan fingerprint density at radius 1 is 1.02 bits per heavy atom. The maximum absolute atomic E-state index is 12.8. The molecule has 0 aliphatic carbocycles. The highest BCUT2D eigenvalue weighted by Crippen LogP contribution is 2.26. The van der Waals surface area contributed by atoms with Gasteiger partial charge in [0.2, 0.25) is 11.8 Å². The van der Waals surface area contributed by atoms with Gasteiger partial charge in [-0.3, -0.25) is 9.59 Å². The van der Waals surface area contributed by atoms with Crippen molar-refractivity contribution in [2.75, 3.05) is 6.54 Å². The SMILES string of the molecule is Cc1cccc([C@@H]2CN[C@@H](C(=O)N[C@@H](C)C(=O)NCc3ccc(/C(N)=N/C(=O)OCc4ccccc4)cc3)C2)c1. The number of aryl methyl sites for hydroxylation is 1. The average Bonchev–Trinajstić information content (AvgIpc) is 3.46. The van der Waals surface area contributed by atoms with Crippen LogP contribution in [0.2, 0.25) is 0 Å². The van der Waals surface area contributed by atoms with Gasteiger partial charge in [-0.25, -0.2) is 4.79 Å². The summed E-state index contributed by atoms with van der Waals surface area (Å²) in [6, 6.07) is 23.6. The molecule has 3 aromatic carbocycles. The molecule has 3 amide bonds. The van der Waals surface area contributed by atoms with Crippen molar-refractivity contribution in [1.82, 2.24) is 16.0 Å². The van der Waals surface area contributed by atoms with Gasteiger partial charge in [0.25, 0.3) is 0 Å². The number of rotatable bonds is 9. The molecule has 1 heterocycles. The minimum Gasteiger partial charge on any atom is -0.443 e. The summed E-state index contributed by atoms with van der Waals surface area (Å²) in [7, 11) is 0. The molecule has 9 heteroatoms. The molecule has 4 rings (SSSR count). The Bertz CT molecular complexity index is 1360. The molecule has 0 bridgehead atoms. The minimum atomic E-state index is -0.771. The van der Waals surface area contributed by atoms with Crippen LogP contribution in [-0.4, -0.2) is 42.4 Å². The smallest absolute Gasteiger partial charge is 0.435 e. The fourth-order valence-electron chi connectivity index (χ4n) is 4.54. The first-order chi connectivity index (χ1) is 19.3. The molecule has 0 saturated carbocycles. The van der Waals surface area contributed by atoms with Crippen LogP contribution in [0.3, 0.4) is 0 Å². The van der Waals surface area contributed by atoms with E-state index in [1.165, 1.54) is 11.1 Å². The quantitative estimate of drug-likeness (QED) is 0.243. The number of nitrogens with zero attached hydrogens (tertiary/aromatic N) is 1. The van der Waals surface area contributed by atoms with Crippen LogP contribution in [-0.2, 0) is 27.5 Å². The van der Waals surface area contributed by atoms with Gasteiger partial charge in [-0.1, -0.05) is 84.4 Å². The van der Waals surface area contributed by atoms with Crippen molar-refractivity contribution in [2.24, 2.45) is 10.7 Å². The lowest BCUT2D eigenvalue weighted by Gasteiger charge is -2.17. The summed E-state index contributed by atoms with van der Waals surface area (Å²) in [4.78, 5) is 41.2. The third-order valence-corrected chi connectivity index (χ3v) is 6.85. The number of nitrogens with two attached hydrogens (primary N) is 1. The second-order valence-electron chi connectivity index (χ2n) is 9.99. The molecule has 0 unspecified atom stereocenters. The van der Waals surface area contributed by atoms with Gasteiger partial charge in [-0.15, -0.1) is 0 Å². The summed E-state index contributed by atoms with van der Waals surface area (Å²) in [6.07, 6.45) is -0.0834. The average molecular weight is 542 g/mol. The van der Waals surface area contributed by atoms with Gasteiger partial charge in [0.05, 0.1) is 6.04 Å². The number of amides is 3. The van der Waals surface area contributed by atoms with Crippen LogP contribution >= 0.6 is 0 Å². The van der Waals surface area contributed by atoms with E-state index in [0.717, 1.165) is 17.7 Å². The standard InChI is InChI=1S/C31H35N5O4/c1-20-7-6-10-25(15-20)26-16-27(33-18-26)30(38)35-21(2)29(37)34-17-22-11-13-24(14-12-22)28(32)36-31(39)40-19-23-8-4-3-5-9-23/h3-15,21,26-27,33H,16-19H2,1-2H3,(H,34,37)(H,35,38)(H2,32,36,39)/t21-,26-,27+/m0/s1. The maximum atomic E-state index is 12.8. The van der Waals surface area contributed by atoms with Gasteiger partial charge >= 0.3 is 6.09 Å². The Kier molecular flexibility index (Phi) is 9.64. The molecule has 1 aliphatic rings. The number of ether oxygens (including phenoxy) is 1. The summed E-state index contributed by atoms with van der Waals surface area (Å²) in [5.41, 5.74) is 10.6. The van der Waals surface area contributed by atoms with Crippen molar-refractivity contribution in [3.05, 3.63) is 107 Å². The molecule has 0 aromatic heterocycles. The highest BCUT2D eigenvalue weighted by atomic mass is 16.5. The first-order valence-corrected chi connectivity index (χ1v) is 13.3. The van der Waals surface area contributed by atoms with Crippen molar-refractivity contribution >= 4 is 23.7 Å². The van der Waals surface area contributed by atoms with E-state index < -0.39 is 12.1 Å². The molecule has 40 heavy (non-hydrogen) atoms. The van der Waals surface area contributed by atoms with Crippen LogP contribution in [0.4, 0.5) is 4.79 Å². The van der Waals surface area contributed by atoms with E-state index in [4.69, 9.17) is 10.5 Å². The van der Waals surface area contributed by atoms with Crippen LogP contribution in [0, 0.1) is 6.92 Å². The zero-order valence-electron chi connectivity index (χ0n) is 22.7. The van der Waals surface area contributed by atoms with Gasteiger partial charge < -0.3 is 26.4 Å². The fourth-order valence-corrected chi connectivity index (χ4v) is 4.54. The van der Waals surface area contributed by atoms with E-state index in [1.54, 1.807) is 31.2 Å². The predicted molar refractivity (Wildman–Crippen MR) is 154 cm³/mol. The van der Waals surface area contributed by atoms with Crippen molar-refractivity contribution in [1.29, 1.82) is 0 Å². The molecular formula is C31H35N5O4. The maximum Gasteiger partial charge on any atom is 0.435 e. The number of carbonyl (C=O) groups is 3. The van der Waals surface area contributed by atoms with Gasteiger partial charge in [-0.2, -0.15) is 4.99 Å². The van der Waals surface area contributed by atoms with Crippen LogP contribution in [0.5, 0.6) is 0 Å². The van der Waals surface area contributed by atoms with Gasteiger partial charge in [-0.05, 0) is 42.9 Å². The van der Waals surface area contributed by atoms with Crippen LogP contribution < -0.4 is 21.7 Å². The summed E-state index contributed by atoms with van der Waals surface area (Å²) in [6.45, 7) is 4.83.